The normalized spacial score (nSPS) is 10.5. The van der Waals surface area contributed by atoms with Gasteiger partial charge in [-0.3, -0.25) is 5.41 Å². The number of amidine groups is 1. The van der Waals surface area contributed by atoms with Gasteiger partial charge in [0.25, 0.3) is 0 Å². The zero-order valence-electron chi connectivity index (χ0n) is 8.45. The van der Waals surface area contributed by atoms with E-state index in [1.807, 2.05) is 12.1 Å². The van der Waals surface area contributed by atoms with Crippen molar-refractivity contribution in [2.24, 2.45) is 11.7 Å². The summed E-state index contributed by atoms with van der Waals surface area (Å²) in [6, 6.07) is 3.74. The molecule has 0 fully saturated rings. The minimum Gasteiger partial charge on any atom is -0.384 e. The van der Waals surface area contributed by atoms with Gasteiger partial charge >= 0.3 is 0 Å². The van der Waals surface area contributed by atoms with Crippen molar-refractivity contribution >= 4 is 17.6 Å². The minimum absolute atomic E-state index is 0.0675. The van der Waals surface area contributed by atoms with E-state index in [-0.39, 0.29) is 5.84 Å². The average molecular weight is 209 g/mol. The van der Waals surface area contributed by atoms with Gasteiger partial charge < -0.3 is 5.73 Å². The Bertz CT molecular complexity index is 306. The number of nitrogen functional groups attached to an aromatic ring is 1. The van der Waals surface area contributed by atoms with Gasteiger partial charge in [-0.15, -0.1) is 11.8 Å². The Hall–Kier alpha value is -1.03. The number of aromatic nitrogens is 1. The Morgan fingerprint density at radius 3 is 2.71 bits per heavy atom. The van der Waals surface area contributed by atoms with Crippen molar-refractivity contribution < 1.29 is 0 Å². The summed E-state index contributed by atoms with van der Waals surface area (Å²) in [7, 11) is 0. The first-order valence-electron chi connectivity index (χ1n) is 4.53. The van der Waals surface area contributed by atoms with Crippen LogP contribution >= 0.6 is 11.8 Å². The molecule has 1 aromatic heterocycles. The zero-order valence-corrected chi connectivity index (χ0v) is 9.27. The maximum atomic E-state index is 7.21. The lowest BCUT2D eigenvalue weighted by Crippen LogP contribution is -2.11. The van der Waals surface area contributed by atoms with Crippen LogP contribution in [-0.2, 0) is 0 Å². The molecule has 0 amide bonds. The topological polar surface area (TPSA) is 62.8 Å². The van der Waals surface area contributed by atoms with E-state index in [9.17, 15) is 0 Å². The van der Waals surface area contributed by atoms with Gasteiger partial charge in [0.15, 0.2) is 0 Å². The molecule has 0 saturated carbocycles. The molecule has 0 spiro atoms. The van der Waals surface area contributed by atoms with Crippen LogP contribution in [0.4, 0.5) is 0 Å². The summed E-state index contributed by atoms with van der Waals surface area (Å²) in [6.07, 6.45) is 1.64. The molecule has 3 N–H and O–H groups in total. The van der Waals surface area contributed by atoms with E-state index in [0.717, 1.165) is 10.8 Å². The number of nitrogens with one attached hydrogen (secondary N) is 1. The van der Waals surface area contributed by atoms with Crippen molar-refractivity contribution in [1.82, 2.24) is 4.98 Å². The molecule has 0 atom stereocenters. The van der Waals surface area contributed by atoms with Crippen molar-refractivity contribution in [2.45, 2.75) is 18.9 Å². The van der Waals surface area contributed by atoms with E-state index >= 15 is 0 Å². The first-order valence-corrected chi connectivity index (χ1v) is 5.51. The molecule has 0 aromatic carbocycles. The second-order valence-corrected chi connectivity index (χ2v) is 4.54. The maximum Gasteiger partial charge on any atom is 0.124 e. The van der Waals surface area contributed by atoms with Gasteiger partial charge in [-0.1, -0.05) is 13.8 Å². The summed E-state index contributed by atoms with van der Waals surface area (Å²) in [6.45, 7) is 4.36. The third-order valence-electron chi connectivity index (χ3n) is 1.61. The fraction of sp³-hybridized carbons (Fsp3) is 0.400. The average Bonchev–Trinajstić information content (AvgIpc) is 2.15. The molecule has 1 heterocycles. The molecule has 1 aromatic rings. The molecule has 0 bridgehead atoms. The lowest BCUT2D eigenvalue weighted by Gasteiger charge is -2.04. The van der Waals surface area contributed by atoms with Gasteiger partial charge in [-0.25, -0.2) is 4.98 Å². The Labute approximate surface area is 88.6 Å². The van der Waals surface area contributed by atoms with E-state index in [1.54, 1.807) is 18.0 Å². The number of nitrogens with zero attached hydrogens (tertiary/aromatic N) is 1. The van der Waals surface area contributed by atoms with Gasteiger partial charge in [0.05, 0.1) is 5.03 Å². The number of hydrogen-bond acceptors (Lipinski definition) is 3. The molecule has 0 unspecified atom stereocenters. The smallest absolute Gasteiger partial charge is 0.124 e. The van der Waals surface area contributed by atoms with Gasteiger partial charge in [-0.05, 0) is 18.1 Å². The number of pyridine rings is 1. The van der Waals surface area contributed by atoms with Crippen molar-refractivity contribution in [2.75, 3.05) is 5.75 Å². The van der Waals surface area contributed by atoms with Gasteiger partial charge in [0, 0.05) is 17.5 Å². The second kappa shape index (κ2) is 5.00. The van der Waals surface area contributed by atoms with Crippen LogP contribution in [0.2, 0.25) is 0 Å². The molecular formula is C10H15N3S. The van der Waals surface area contributed by atoms with Gasteiger partial charge in [0.2, 0.25) is 0 Å². The summed E-state index contributed by atoms with van der Waals surface area (Å²) in [4.78, 5) is 4.21. The molecule has 1 rings (SSSR count). The van der Waals surface area contributed by atoms with Crippen molar-refractivity contribution in [3.8, 4) is 0 Å². The standard InChI is InChI=1S/C10H15N3S/c1-7(2)6-14-9-4-3-8(5-13-9)10(11)12/h3-5,7H,6H2,1-2H3,(H3,11,12). The molecule has 4 heteroatoms. The Balaban J connectivity index is 2.60. The molecule has 0 aliphatic heterocycles. The zero-order chi connectivity index (χ0) is 10.6. The fourth-order valence-electron chi connectivity index (χ4n) is 0.877. The van der Waals surface area contributed by atoms with Crippen LogP contribution in [0.3, 0.4) is 0 Å². The highest BCUT2D eigenvalue weighted by Crippen LogP contribution is 2.17. The highest BCUT2D eigenvalue weighted by molar-refractivity contribution is 7.99. The highest BCUT2D eigenvalue weighted by atomic mass is 32.2. The molecule has 0 radical (unpaired) electrons. The molecule has 3 nitrogen and oxygen atoms in total. The molecule has 14 heavy (non-hydrogen) atoms. The fourth-order valence-corrected chi connectivity index (χ4v) is 1.67. The number of nitrogens with two attached hydrogens (primary N) is 1. The number of rotatable bonds is 4. The molecule has 76 valence electrons. The summed E-state index contributed by atoms with van der Waals surface area (Å²) >= 11 is 1.73. The quantitative estimate of drug-likeness (QED) is 0.453. The van der Waals surface area contributed by atoms with Crippen molar-refractivity contribution in [3.05, 3.63) is 23.9 Å². The van der Waals surface area contributed by atoms with Crippen LogP contribution in [0.5, 0.6) is 0 Å². The Morgan fingerprint density at radius 2 is 2.29 bits per heavy atom. The summed E-state index contributed by atoms with van der Waals surface area (Å²) in [5.41, 5.74) is 6.00. The summed E-state index contributed by atoms with van der Waals surface area (Å²) < 4.78 is 0. The van der Waals surface area contributed by atoms with E-state index in [4.69, 9.17) is 11.1 Å². The van der Waals surface area contributed by atoms with E-state index < -0.39 is 0 Å². The predicted octanol–water partition coefficient (Wildman–Crippen LogP) is 2.11. The second-order valence-electron chi connectivity index (χ2n) is 3.50. The molecule has 0 saturated heterocycles. The van der Waals surface area contributed by atoms with Crippen LogP contribution in [0, 0.1) is 11.3 Å². The van der Waals surface area contributed by atoms with Gasteiger partial charge in [-0.2, -0.15) is 0 Å². The monoisotopic (exact) mass is 209 g/mol. The Morgan fingerprint density at radius 1 is 1.57 bits per heavy atom. The van der Waals surface area contributed by atoms with Crippen molar-refractivity contribution in [1.29, 1.82) is 5.41 Å². The lowest BCUT2D eigenvalue weighted by molar-refractivity contribution is 0.749. The predicted molar refractivity (Wildman–Crippen MR) is 60.8 cm³/mol. The first-order chi connectivity index (χ1) is 6.59. The van der Waals surface area contributed by atoms with Crippen LogP contribution < -0.4 is 5.73 Å². The van der Waals surface area contributed by atoms with E-state index in [0.29, 0.717) is 11.5 Å². The van der Waals surface area contributed by atoms with Crippen LogP contribution in [-0.4, -0.2) is 16.6 Å². The minimum atomic E-state index is 0.0675. The third-order valence-corrected chi connectivity index (χ3v) is 2.98. The van der Waals surface area contributed by atoms with E-state index in [2.05, 4.69) is 18.8 Å². The third kappa shape index (κ3) is 3.38. The van der Waals surface area contributed by atoms with Gasteiger partial charge in [0.1, 0.15) is 5.84 Å². The van der Waals surface area contributed by atoms with E-state index in [1.165, 1.54) is 0 Å². The number of thioether (sulfide) groups is 1. The number of hydrogen-bond donors (Lipinski definition) is 2. The molecule has 0 aliphatic rings. The highest BCUT2D eigenvalue weighted by Gasteiger charge is 2.00. The molecule has 0 aliphatic carbocycles. The maximum absolute atomic E-state index is 7.21. The van der Waals surface area contributed by atoms with Crippen LogP contribution in [0.25, 0.3) is 0 Å². The largest absolute Gasteiger partial charge is 0.384 e. The Kier molecular flexibility index (Phi) is 3.95. The first kappa shape index (κ1) is 11.0. The SMILES string of the molecule is CC(C)CSc1ccc(C(=N)N)cn1. The van der Waals surface area contributed by atoms with Crippen molar-refractivity contribution in [3.63, 3.8) is 0 Å². The summed E-state index contributed by atoms with van der Waals surface area (Å²) in [5.74, 6) is 1.79. The lowest BCUT2D eigenvalue weighted by atomic mass is 10.3. The summed E-state index contributed by atoms with van der Waals surface area (Å²) in [5, 5.41) is 8.20. The molecular weight excluding hydrogens is 194 g/mol. The van der Waals surface area contributed by atoms with Crippen LogP contribution in [0.1, 0.15) is 19.4 Å². The van der Waals surface area contributed by atoms with Crippen LogP contribution in [0.15, 0.2) is 23.4 Å².